The molecular weight excluding hydrogens is 418 g/mol. The number of amides is 1. The lowest BCUT2D eigenvalue weighted by molar-refractivity contribution is 0.000658. The fraction of sp³-hybridized carbons (Fsp3) is 0.500. The number of nitrogens with zero attached hydrogens (tertiary/aromatic N) is 1. The summed E-state index contributed by atoms with van der Waals surface area (Å²) in [4.78, 5) is 13.3. The van der Waals surface area contributed by atoms with Crippen molar-refractivity contribution in [1.82, 2.24) is 4.90 Å². The van der Waals surface area contributed by atoms with Gasteiger partial charge in [0.1, 0.15) is 0 Å². The highest BCUT2D eigenvalue weighted by molar-refractivity contribution is 6.99. The largest absolute Gasteiger partial charge is 0.465 e. The first kappa shape index (κ1) is 24.5. The fourth-order valence-corrected chi connectivity index (χ4v) is 10.1. The third-order valence-corrected chi connectivity index (χ3v) is 12.1. The maximum atomic E-state index is 11.8. The van der Waals surface area contributed by atoms with Crippen LogP contribution in [0.25, 0.3) is 0 Å². The molecule has 0 radical (unpaired) electrons. The predicted octanol–water partition coefficient (Wildman–Crippen LogP) is 4.24. The minimum Gasteiger partial charge on any atom is -0.465 e. The lowest BCUT2D eigenvalue weighted by atomic mass is 9.85. The quantitative estimate of drug-likeness (QED) is 0.461. The zero-order valence-corrected chi connectivity index (χ0v) is 20.8. The second-order valence-electron chi connectivity index (χ2n) is 9.93. The van der Waals surface area contributed by atoms with Gasteiger partial charge in [-0.15, -0.1) is 0 Å². The first-order valence-electron chi connectivity index (χ1n) is 11.6. The van der Waals surface area contributed by atoms with Crippen LogP contribution >= 0.6 is 0 Å². The average Bonchev–Trinajstić information content (AvgIpc) is 3.20. The van der Waals surface area contributed by atoms with Gasteiger partial charge in [0.05, 0.1) is 11.6 Å². The molecule has 2 N–H and O–H groups in total. The highest BCUT2D eigenvalue weighted by atomic mass is 28.4. The Morgan fingerprint density at radius 1 is 1.09 bits per heavy atom. The second-order valence-corrected chi connectivity index (χ2v) is 14.2. The molecule has 32 heavy (non-hydrogen) atoms. The molecule has 3 rings (SSSR count). The fourth-order valence-electron chi connectivity index (χ4n) is 5.46. The van der Waals surface area contributed by atoms with E-state index in [4.69, 9.17) is 4.43 Å². The number of likely N-dealkylation sites (tertiary alicyclic amines) is 1. The molecule has 6 heteroatoms. The van der Waals surface area contributed by atoms with Gasteiger partial charge < -0.3 is 19.5 Å². The lowest BCUT2D eigenvalue weighted by Crippen LogP contribution is -2.66. The van der Waals surface area contributed by atoms with E-state index in [0.717, 1.165) is 6.42 Å². The van der Waals surface area contributed by atoms with E-state index in [0.29, 0.717) is 32.4 Å². The topological polar surface area (TPSA) is 70.0 Å². The van der Waals surface area contributed by atoms with E-state index < -0.39 is 26.1 Å². The molecule has 2 unspecified atom stereocenters. The van der Waals surface area contributed by atoms with Gasteiger partial charge in [0.15, 0.2) is 0 Å². The SMILES string of the molecule is CC(O)C1(CCCO[Si](c2ccccc2)(c2ccccc2)C(C)(C)C)CCCN1C(=O)O. The summed E-state index contributed by atoms with van der Waals surface area (Å²) in [7, 11) is -2.61. The molecule has 0 saturated carbocycles. The highest BCUT2D eigenvalue weighted by Crippen LogP contribution is 2.39. The van der Waals surface area contributed by atoms with Crippen LogP contribution in [0.15, 0.2) is 60.7 Å². The molecule has 0 spiro atoms. The van der Waals surface area contributed by atoms with E-state index in [2.05, 4.69) is 69.3 Å². The molecular formula is C26H37NO4Si. The number of benzene rings is 2. The molecule has 0 aromatic heterocycles. The zero-order chi connectivity index (χ0) is 23.4. The summed E-state index contributed by atoms with van der Waals surface area (Å²) in [5.74, 6) is 0. The highest BCUT2D eigenvalue weighted by Gasteiger charge is 2.51. The van der Waals surface area contributed by atoms with E-state index >= 15 is 0 Å². The average molecular weight is 456 g/mol. The van der Waals surface area contributed by atoms with Crippen LogP contribution in [-0.4, -0.2) is 54.3 Å². The van der Waals surface area contributed by atoms with Crippen LogP contribution in [-0.2, 0) is 4.43 Å². The molecule has 5 nitrogen and oxygen atoms in total. The van der Waals surface area contributed by atoms with Crippen molar-refractivity contribution in [3.05, 3.63) is 60.7 Å². The zero-order valence-electron chi connectivity index (χ0n) is 19.8. The molecule has 1 aliphatic rings. The predicted molar refractivity (Wildman–Crippen MR) is 131 cm³/mol. The van der Waals surface area contributed by atoms with E-state index in [1.54, 1.807) is 6.92 Å². The number of hydrogen-bond acceptors (Lipinski definition) is 3. The van der Waals surface area contributed by atoms with Crippen LogP contribution in [0, 0.1) is 0 Å². The molecule has 2 atom stereocenters. The first-order chi connectivity index (χ1) is 15.1. The molecule has 174 valence electrons. The number of rotatable bonds is 8. The number of aliphatic hydroxyl groups is 1. The van der Waals surface area contributed by atoms with Gasteiger partial charge in [0, 0.05) is 13.2 Å². The summed E-state index contributed by atoms with van der Waals surface area (Å²) in [5.41, 5.74) is -0.722. The van der Waals surface area contributed by atoms with Gasteiger partial charge in [-0.2, -0.15) is 0 Å². The first-order valence-corrected chi connectivity index (χ1v) is 13.5. The van der Waals surface area contributed by atoms with Crippen molar-refractivity contribution in [3.8, 4) is 0 Å². The van der Waals surface area contributed by atoms with Crippen LogP contribution in [0.5, 0.6) is 0 Å². The normalized spacial score (nSPS) is 20.3. The lowest BCUT2D eigenvalue weighted by Gasteiger charge is -2.44. The van der Waals surface area contributed by atoms with Crippen molar-refractivity contribution in [1.29, 1.82) is 0 Å². The molecule has 1 fully saturated rings. The maximum absolute atomic E-state index is 11.8. The van der Waals surface area contributed by atoms with Crippen LogP contribution < -0.4 is 10.4 Å². The third kappa shape index (κ3) is 4.49. The minimum atomic E-state index is -2.61. The minimum absolute atomic E-state index is 0.0991. The summed E-state index contributed by atoms with van der Waals surface area (Å²) < 4.78 is 6.94. The van der Waals surface area contributed by atoms with E-state index in [9.17, 15) is 15.0 Å². The molecule has 1 aliphatic heterocycles. The number of hydrogen-bond donors (Lipinski definition) is 2. The van der Waals surface area contributed by atoms with Gasteiger partial charge in [0.25, 0.3) is 8.32 Å². The van der Waals surface area contributed by atoms with Gasteiger partial charge in [-0.25, -0.2) is 4.79 Å². The Morgan fingerprint density at radius 3 is 2.06 bits per heavy atom. The van der Waals surface area contributed by atoms with Crippen molar-refractivity contribution in [2.75, 3.05) is 13.2 Å². The maximum Gasteiger partial charge on any atom is 0.407 e. The Labute approximate surface area is 193 Å². The van der Waals surface area contributed by atoms with Gasteiger partial charge >= 0.3 is 6.09 Å². The van der Waals surface area contributed by atoms with Crippen molar-refractivity contribution in [3.63, 3.8) is 0 Å². The summed E-state index contributed by atoms with van der Waals surface area (Å²) >= 11 is 0. The number of aliphatic hydroxyl groups excluding tert-OH is 1. The smallest absolute Gasteiger partial charge is 0.407 e. The summed E-state index contributed by atoms with van der Waals surface area (Å²) in [5, 5.41) is 22.6. The van der Waals surface area contributed by atoms with Gasteiger partial charge in [-0.3, -0.25) is 0 Å². The van der Waals surface area contributed by atoms with E-state index in [1.807, 2.05) is 12.1 Å². The van der Waals surface area contributed by atoms with Crippen LogP contribution in [0.3, 0.4) is 0 Å². The molecule has 0 bridgehead atoms. The standard InChI is InChI=1S/C26H37NO4Si/c1-21(28)26(17-11-19-27(26)24(29)30)18-12-20-31-32(25(2,3)4,22-13-7-5-8-14-22)23-15-9-6-10-16-23/h5-10,13-16,21,28H,11-12,17-20H2,1-4H3,(H,29,30). The Morgan fingerprint density at radius 2 is 1.62 bits per heavy atom. The second kappa shape index (κ2) is 9.77. The summed E-state index contributed by atoms with van der Waals surface area (Å²) in [6.45, 7) is 9.47. The molecule has 1 amide bonds. The Kier molecular flexibility index (Phi) is 7.48. The van der Waals surface area contributed by atoms with E-state index in [-0.39, 0.29) is 5.04 Å². The van der Waals surface area contributed by atoms with Crippen LogP contribution in [0.1, 0.15) is 53.4 Å². The monoisotopic (exact) mass is 455 g/mol. The third-order valence-electron chi connectivity index (χ3n) is 7.03. The van der Waals surface area contributed by atoms with Crippen LogP contribution in [0.2, 0.25) is 5.04 Å². The molecule has 2 aromatic carbocycles. The van der Waals surface area contributed by atoms with E-state index in [1.165, 1.54) is 15.3 Å². The summed E-state index contributed by atoms with van der Waals surface area (Å²) in [6.07, 6.45) is 1.10. The Bertz CT molecular complexity index is 842. The summed E-state index contributed by atoms with van der Waals surface area (Å²) in [6, 6.07) is 21.0. The van der Waals surface area contributed by atoms with Gasteiger partial charge in [-0.1, -0.05) is 81.4 Å². The van der Waals surface area contributed by atoms with Gasteiger partial charge in [-0.05, 0) is 48.0 Å². The van der Waals surface area contributed by atoms with Crippen molar-refractivity contribution < 1.29 is 19.4 Å². The Hall–Kier alpha value is -2.15. The van der Waals surface area contributed by atoms with Crippen molar-refractivity contribution in [2.24, 2.45) is 0 Å². The molecule has 2 aromatic rings. The van der Waals surface area contributed by atoms with Crippen molar-refractivity contribution >= 4 is 24.8 Å². The van der Waals surface area contributed by atoms with Gasteiger partial charge in [0.2, 0.25) is 0 Å². The Balaban J connectivity index is 1.88. The molecule has 0 aliphatic carbocycles. The number of carboxylic acid groups (broad SMARTS) is 1. The molecule has 1 heterocycles. The molecule has 1 saturated heterocycles. The number of carbonyl (C=O) groups is 1. The van der Waals surface area contributed by atoms with Crippen LogP contribution in [0.4, 0.5) is 4.79 Å². The van der Waals surface area contributed by atoms with Crippen molar-refractivity contribution in [2.45, 2.75) is 70.1 Å².